The molecule has 1 saturated carbocycles. The first kappa shape index (κ1) is 22.1. The Balaban J connectivity index is 1.69. The van der Waals surface area contributed by atoms with Gasteiger partial charge in [0, 0.05) is 29.8 Å². The Morgan fingerprint density at radius 1 is 1.37 bits per heavy atom. The highest BCUT2D eigenvalue weighted by Gasteiger charge is 2.48. The van der Waals surface area contributed by atoms with Crippen molar-refractivity contribution >= 4 is 27.5 Å². The third-order valence-corrected chi connectivity index (χ3v) is 7.56. The van der Waals surface area contributed by atoms with Gasteiger partial charge in [-0.2, -0.15) is 0 Å². The summed E-state index contributed by atoms with van der Waals surface area (Å²) < 4.78 is 40.3. The van der Waals surface area contributed by atoms with Gasteiger partial charge < -0.3 is 4.74 Å². The zero-order chi connectivity index (χ0) is 22.1. The number of carbonyl (C=O) groups excluding carboxylic acids is 2. The normalized spacial score (nSPS) is 25.4. The van der Waals surface area contributed by atoms with E-state index in [1.807, 2.05) is 0 Å². The van der Waals surface area contributed by atoms with Crippen LogP contribution in [0, 0.1) is 17.8 Å². The van der Waals surface area contributed by atoms with Gasteiger partial charge in [0.1, 0.15) is 12.3 Å². The summed E-state index contributed by atoms with van der Waals surface area (Å²) in [6, 6.07) is 6.83. The second-order valence-electron chi connectivity index (χ2n) is 7.85. The number of rotatable bonds is 5. The lowest BCUT2D eigenvalue weighted by Gasteiger charge is -2.26. The standard InChI is InChI=1S/C20H23FN2O6S/c1-20(18(24)22-26,30(2,27)28)11-17-12-23(19(25)29-17)16-7-5-13(6-8-16)3-4-14-9-15(21)10-14/h5-8,14-15,17,26H,9-12H2,1-2H3,(H,22,24)/t14?,15?,17-,20+/m0/s1. The van der Waals surface area contributed by atoms with Crippen LogP contribution in [0.2, 0.25) is 0 Å². The number of cyclic esters (lactones) is 1. The van der Waals surface area contributed by atoms with E-state index in [0.29, 0.717) is 18.5 Å². The predicted octanol–water partition coefficient (Wildman–Crippen LogP) is 1.81. The maximum atomic E-state index is 12.8. The Hall–Kier alpha value is -2.64. The molecule has 1 aromatic carbocycles. The lowest BCUT2D eigenvalue weighted by Crippen LogP contribution is -2.51. The molecule has 8 nitrogen and oxygen atoms in total. The molecular formula is C20H23FN2O6S. The van der Waals surface area contributed by atoms with Crippen LogP contribution in [0.15, 0.2) is 24.3 Å². The van der Waals surface area contributed by atoms with Crippen LogP contribution in [0.25, 0.3) is 0 Å². The van der Waals surface area contributed by atoms with Crippen molar-refractivity contribution in [3.8, 4) is 11.8 Å². The van der Waals surface area contributed by atoms with Gasteiger partial charge in [0.2, 0.25) is 0 Å². The van der Waals surface area contributed by atoms with Crippen LogP contribution in [0.4, 0.5) is 14.9 Å². The zero-order valence-corrected chi connectivity index (χ0v) is 17.4. The SMILES string of the molecule is C[C@@](C[C@H]1CN(c2ccc(C#CC3CC(F)C3)cc2)C(=O)O1)(C(=O)NO)S(C)(=O)=O. The number of amides is 2. The number of benzene rings is 1. The second kappa shape index (κ2) is 8.24. The van der Waals surface area contributed by atoms with Gasteiger partial charge in [-0.15, -0.1) is 0 Å². The number of hydrogen-bond donors (Lipinski definition) is 2. The molecule has 162 valence electrons. The van der Waals surface area contributed by atoms with Crippen molar-refractivity contribution in [3.63, 3.8) is 0 Å². The summed E-state index contributed by atoms with van der Waals surface area (Å²) in [5.41, 5.74) is 2.64. The third kappa shape index (κ3) is 4.42. The molecule has 30 heavy (non-hydrogen) atoms. The third-order valence-electron chi connectivity index (χ3n) is 5.57. The molecular weight excluding hydrogens is 415 g/mol. The highest BCUT2D eigenvalue weighted by molar-refractivity contribution is 7.92. The summed E-state index contributed by atoms with van der Waals surface area (Å²) >= 11 is 0. The number of ether oxygens (including phenoxy) is 1. The lowest BCUT2D eigenvalue weighted by atomic mass is 9.84. The molecule has 0 radical (unpaired) electrons. The molecule has 3 rings (SSSR count). The van der Waals surface area contributed by atoms with Gasteiger partial charge in [-0.05, 0) is 44.0 Å². The average molecular weight is 438 g/mol. The molecule has 2 aliphatic rings. The topological polar surface area (TPSA) is 113 Å². The minimum absolute atomic E-state index is 0.0492. The van der Waals surface area contributed by atoms with E-state index in [-0.39, 0.29) is 18.9 Å². The van der Waals surface area contributed by atoms with Gasteiger partial charge in [-0.25, -0.2) is 23.1 Å². The first-order valence-corrected chi connectivity index (χ1v) is 11.3. The quantitative estimate of drug-likeness (QED) is 0.412. The minimum atomic E-state index is -3.90. The smallest absolute Gasteiger partial charge is 0.414 e. The number of halogens is 1. The van der Waals surface area contributed by atoms with E-state index in [9.17, 15) is 22.4 Å². The number of alkyl halides is 1. The highest BCUT2D eigenvalue weighted by atomic mass is 32.2. The van der Waals surface area contributed by atoms with E-state index < -0.39 is 38.9 Å². The van der Waals surface area contributed by atoms with Crippen LogP contribution in [-0.4, -0.2) is 55.4 Å². The molecule has 1 aliphatic heterocycles. The van der Waals surface area contributed by atoms with Crippen LogP contribution in [-0.2, 0) is 19.4 Å². The fraction of sp³-hybridized carbons (Fsp3) is 0.500. The molecule has 1 aliphatic carbocycles. The molecule has 1 aromatic rings. The van der Waals surface area contributed by atoms with Crippen LogP contribution in [0.1, 0.15) is 31.7 Å². The Morgan fingerprint density at radius 2 is 2.00 bits per heavy atom. The second-order valence-corrected chi connectivity index (χ2v) is 10.3. The van der Waals surface area contributed by atoms with E-state index >= 15 is 0 Å². The Kier molecular flexibility index (Phi) is 6.06. The number of anilines is 1. The van der Waals surface area contributed by atoms with Gasteiger partial charge in [-0.1, -0.05) is 11.8 Å². The number of hydrogen-bond acceptors (Lipinski definition) is 6. The summed E-state index contributed by atoms with van der Waals surface area (Å²) in [6.07, 6.45) is -0.772. The molecule has 0 aromatic heterocycles. The van der Waals surface area contributed by atoms with Crippen molar-refractivity contribution in [1.29, 1.82) is 0 Å². The van der Waals surface area contributed by atoms with Crippen LogP contribution < -0.4 is 10.4 Å². The maximum Gasteiger partial charge on any atom is 0.414 e. The van der Waals surface area contributed by atoms with Crippen molar-refractivity contribution in [3.05, 3.63) is 29.8 Å². The molecule has 2 N–H and O–H groups in total. The molecule has 2 amide bonds. The number of nitrogens with one attached hydrogen (secondary N) is 1. The van der Waals surface area contributed by atoms with E-state index in [4.69, 9.17) is 9.94 Å². The fourth-order valence-corrected chi connectivity index (χ4v) is 4.25. The summed E-state index contributed by atoms with van der Waals surface area (Å²) in [6.45, 7) is 1.22. The molecule has 1 heterocycles. The number of hydroxylamine groups is 1. The van der Waals surface area contributed by atoms with Crippen LogP contribution in [0.3, 0.4) is 0 Å². The molecule has 0 bridgehead atoms. The first-order chi connectivity index (χ1) is 14.0. The first-order valence-electron chi connectivity index (χ1n) is 9.41. The van der Waals surface area contributed by atoms with E-state index in [0.717, 1.165) is 11.8 Å². The largest absolute Gasteiger partial charge is 0.444 e. The lowest BCUT2D eigenvalue weighted by molar-refractivity contribution is -0.132. The molecule has 2 fully saturated rings. The molecule has 2 atom stereocenters. The van der Waals surface area contributed by atoms with Gasteiger partial charge in [0.25, 0.3) is 5.91 Å². The van der Waals surface area contributed by atoms with Crippen molar-refractivity contribution in [2.24, 2.45) is 5.92 Å². The Bertz CT molecular complexity index is 994. The number of sulfone groups is 1. The maximum absolute atomic E-state index is 12.8. The van der Waals surface area contributed by atoms with Crippen molar-refractivity contribution in [2.75, 3.05) is 17.7 Å². The van der Waals surface area contributed by atoms with Crippen LogP contribution >= 0.6 is 0 Å². The molecule has 10 heteroatoms. The Labute approximate surface area is 174 Å². The molecule has 0 spiro atoms. The van der Waals surface area contributed by atoms with Gasteiger partial charge in [0.15, 0.2) is 14.6 Å². The van der Waals surface area contributed by atoms with Crippen molar-refractivity contribution in [1.82, 2.24) is 5.48 Å². The average Bonchev–Trinajstić information content (AvgIpc) is 3.03. The van der Waals surface area contributed by atoms with Crippen molar-refractivity contribution in [2.45, 2.75) is 43.2 Å². The summed E-state index contributed by atoms with van der Waals surface area (Å²) in [5.74, 6) is 4.99. The summed E-state index contributed by atoms with van der Waals surface area (Å²) in [4.78, 5) is 25.6. The predicted molar refractivity (Wildman–Crippen MR) is 106 cm³/mol. The van der Waals surface area contributed by atoms with E-state index in [1.165, 1.54) is 17.3 Å². The summed E-state index contributed by atoms with van der Waals surface area (Å²) in [5, 5.41) is 8.91. The summed E-state index contributed by atoms with van der Waals surface area (Å²) in [7, 11) is -3.90. The van der Waals surface area contributed by atoms with Gasteiger partial charge >= 0.3 is 6.09 Å². The van der Waals surface area contributed by atoms with Crippen molar-refractivity contribution < 1.29 is 32.3 Å². The Morgan fingerprint density at radius 3 is 2.53 bits per heavy atom. The fourth-order valence-electron chi connectivity index (χ4n) is 3.38. The number of nitrogens with zero attached hydrogens (tertiary/aromatic N) is 1. The minimum Gasteiger partial charge on any atom is -0.444 e. The highest BCUT2D eigenvalue weighted by Crippen LogP contribution is 2.31. The molecule has 0 unspecified atom stereocenters. The number of carbonyl (C=O) groups is 2. The van der Waals surface area contributed by atoms with E-state index in [1.54, 1.807) is 24.3 Å². The zero-order valence-electron chi connectivity index (χ0n) is 16.6. The molecule has 1 saturated heterocycles. The van der Waals surface area contributed by atoms with Gasteiger partial charge in [-0.3, -0.25) is 14.9 Å². The monoisotopic (exact) mass is 438 g/mol. The van der Waals surface area contributed by atoms with Crippen LogP contribution in [0.5, 0.6) is 0 Å². The van der Waals surface area contributed by atoms with E-state index in [2.05, 4.69) is 11.8 Å². The van der Waals surface area contributed by atoms with Gasteiger partial charge in [0.05, 0.1) is 6.54 Å².